The number of imidazole rings is 1. The van der Waals surface area contributed by atoms with Crippen LogP contribution in [0, 0.1) is 40.9 Å². The van der Waals surface area contributed by atoms with Gasteiger partial charge in [0.25, 0.3) is 5.17 Å². The number of carbonyl (C=O) groups is 1. The molecule has 0 N–H and O–H groups in total. The Labute approximate surface area is 213 Å². The summed E-state index contributed by atoms with van der Waals surface area (Å²) in [6.07, 6.45) is 14.1. The van der Waals surface area contributed by atoms with Crippen molar-refractivity contribution in [3.63, 3.8) is 0 Å². The van der Waals surface area contributed by atoms with E-state index >= 15 is 0 Å². The van der Waals surface area contributed by atoms with Crippen LogP contribution < -0.4 is 0 Å². The van der Waals surface area contributed by atoms with Gasteiger partial charge in [-0.15, -0.1) is 0 Å². The Morgan fingerprint density at radius 3 is 2.63 bits per heavy atom. The van der Waals surface area contributed by atoms with Crippen LogP contribution >= 0.6 is 12.2 Å². The molecule has 1 aromatic heterocycles. The average Bonchev–Trinajstić information content (AvgIpc) is 3.59. The molecule has 6 rings (SSSR count). The van der Waals surface area contributed by atoms with Gasteiger partial charge in [0.15, 0.2) is 5.79 Å². The van der Waals surface area contributed by atoms with E-state index in [0.29, 0.717) is 41.4 Å². The number of fused-ring (bicyclic) bond motifs is 6. The molecule has 7 nitrogen and oxygen atoms in total. The molecule has 35 heavy (non-hydrogen) atoms. The van der Waals surface area contributed by atoms with Gasteiger partial charge >= 0.3 is 5.97 Å². The molecule has 0 amide bonds. The third-order valence-electron chi connectivity index (χ3n) is 10.4. The van der Waals surface area contributed by atoms with Crippen LogP contribution in [0.15, 0.2) is 18.7 Å². The summed E-state index contributed by atoms with van der Waals surface area (Å²) in [5, 5.41) is 0.453. The highest BCUT2D eigenvalue weighted by atomic mass is 32.1. The van der Waals surface area contributed by atoms with Crippen molar-refractivity contribution in [1.82, 2.24) is 9.55 Å². The lowest BCUT2D eigenvalue weighted by molar-refractivity contribution is -0.245. The monoisotopic (exact) mass is 502 g/mol. The second-order valence-corrected chi connectivity index (χ2v) is 12.1. The molecular formula is C27H38N2O5S. The van der Waals surface area contributed by atoms with Gasteiger partial charge in [0, 0.05) is 31.2 Å². The Bertz CT molecular complexity index is 947. The molecule has 0 bridgehead atoms. The molecule has 2 heterocycles. The van der Waals surface area contributed by atoms with Crippen LogP contribution in [0.5, 0.6) is 0 Å². The van der Waals surface area contributed by atoms with Gasteiger partial charge in [-0.05, 0) is 92.7 Å². The molecule has 1 aromatic rings. The molecule has 5 aliphatic rings. The summed E-state index contributed by atoms with van der Waals surface area (Å²) in [5.74, 6) is 3.01. The fourth-order valence-corrected chi connectivity index (χ4v) is 9.19. The molecule has 8 atom stereocenters. The molecule has 8 heteroatoms. The first kappa shape index (κ1) is 23.9. The Morgan fingerprint density at radius 1 is 1.09 bits per heavy atom. The van der Waals surface area contributed by atoms with Crippen LogP contribution in [0.3, 0.4) is 0 Å². The first-order valence-electron chi connectivity index (χ1n) is 13.5. The van der Waals surface area contributed by atoms with E-state index in [-0.39, 0.29) is 23.3 Å². The first-order valence-corrected chi connectivity index (χ1v) is 13.9. The number of carbonyl (C=O) groups excluding carboxylic acids is 1. The van der Waals surface area contributed by atoms with Crippen LogP contribution in [0.1, 0.15) is 65.2 Å². The van der Waals surface area contributed by atoms with Crippen molar-refractivity contribution in [1.29, 1.82) is 0 Å². The predicted molar refractivity (Wildman–Crippen MR) is 132 cm³/mol. The predicted octanol–water partition coefficient (Wildman–Crippen LogP) is 4.59. The minimum atomic E-state index is -0.374. The summed E-state index contributed by atoms with van der Waals surface area (Å²) in [5.41, 5.74) is 0.0873. The number of thiocarbonyl (C=S) groups is 1. The maximum atomic E-state index is 11.7. The van der Waals surface area contributed by atoms with E-state index in [0.717, 1.165) is 51.2 Å². The highest BCUT2D eigenvalue weighted by molar-refractivity contribution is 7.80. The van der Waals surface area contributed by atoms with Crippen LogP contribution in [0.4, 0.5) is 0 Å². The number of ether oxygens (including phenoxy) is 4. The van der Waals surface area contributed by atoms with Crippen LogP contribution in [0.25, 0.3) is 0 Å². The minimum Gasteiger partial charge on any atom is -0.470 e. The number of aromatic nitrogens is 2. The Hall–Kier alpha value is -1.51. The van der Waals surface area contributed by atoms with Crippen LogP contribution in [-0.2, 0) is 23.7 Å². The minimum absolute atomic E-state index is 0.0253. The van der Waals surface area contributed by atoms with Gasteiger partial charge in [-0.25, -0.2) is 4.98 Å². The molecule has 0 aromatic carbocycles. The molecule has 8 unspecified atom stereocenters. The van der Waals surface area contributed by atoms with Gasteiger partial charge < -0.3 is 18.9 Å². The standard InChI is InChI=1S/C27H38N2O5S/c1-17(30)34-19-3-4-20-21-5-7-26(2)24(6-8-27(26)32-11-12-33-27)23(21)13-18(22(20)14-19)15-31-25(35)29-10-9-28-16-29/h9-10,16,18-24H,3-8,11-15H2,1-2H3. The summed E-state index contributed by atoms with van der Waals surface area (Å²) < 4.78 is 26.3. The molecule has 4 saturated carbocycles. The van der Waals surface area contributed by atoms with Gasteiger partial charge in [-0.2, -0.15) is 0 Å². The molecule has 1 spiro atoms. The fraction of sp³-hybridized carbons (Fsp3) is 0.815. The van der Waals surface area contributed by atoms with Crippen molar-refractivity contribution in [2.75, 3.05) is 19.8 Å². The molecule has 0 radical (unpaired) electrons. The summed E-state index contributed by atoms with van der Waals surface area (Å²) in [6, 6.07) is 0. The van der Waals surface area contributed by atoms with Gasteiger partial charge in [-0.3, -0.25) is 9.36 Å². The molecule has 192 valence electrons. The highest BCUT2D eigenvalue weighted by Crippen LogP contribution is 2.67. The fourth-order valence-electron chi connectivity index (χ4n) is 9.01. The third-order valence-corrected chi connectivity index (χ3v) is 10.7. The SMILES string of the molecule is CC(=O)OC1CCC2C(C1)C(COC(=S)n1ccnc1)CC1C2CCC2(C)C1CCC21OCCO1. The lowest BCUT2D eigenvalue weighted by Crippen LogP contribution is -2.56. The third kappa shape index (κ3) is 3.95. The Morgan fingerprint density at radius 2 is 1.89 bits per heavy atom. The van der Waals surface area contributed by atoms with Gasteiger partial charge in [0.1, 0.15) is 12.4 Å². The van der Waals surface area contributed by atoms with E-state index in [4.69, 9.17) is 31.2 Å². The quantitative estimate of drug-likeness (QED) is 0.442. The number of rotatable bonds is 3. The topological polar surface area (TPSA) is 71.8 Å². The zero-order chi connectivity index (χ0) is 24.2. The lowest BCUT2D eigenvalue weighted by Gasteiger charge is -2.58. The zero-order valence-electron chi connectivity index (χ0n) is 20.9. The van der Waals surface area contributed by atoms with Gasteiger partial charge in [0.2, 0.25) is 0 Å². The highest BCUT2D eigenvalue weighted by Gasteiger charge is 2.66. The first-order chi connectivity index (χ1) is 16.9. The largest absolute Gasteiger partial charge is 0.470 e. The average molecular weight is 503 g/mol. The number of nitrogens with zero attached hydrogens (tertiary/aromatic N) is 2. The molecule has 5 fully saturated rings. The lowest BCUT2D eigenvalue weighted by atomic mass is 9.48. The number of esters is 1. The Kier molecular flexibility index (Phi) is 6.21. The second kappa shape index (κ2) is 9.10. The van der Waals surface area contributed by atoms with Crippen LogP contribution in [0.2, 0.25) is 0 Å². The van der Waals surface area contributed by atoms with E-state index in [1.807, 2.05) is 6.20 Å². The van der Waals surface area contributed by atoms with E-state index in [9.17, 15) is 4.79 Å². The van der Waals surface area contributed by atoms with Crippen molar-refractivity contribution >= 4 is 23.4 Å². The van der Waals surface area contributed by atoms with E-state index in [2.05, 4.69) is 11.9 Å². The van der Waals surface area contributed by atoms with E-state index in [1.54, 1.807) is 17.1 Å². The summed E-state index contributed by atoms with van der Waals surface area (Å²) in [7, 11) is 0. The summed E-state index contributed by atoms with van der Waals surface area (Å²) in [6.45, 7) is 6.02. The molecule has 1 saturated heterocycles. The van der Waals surface area contributed by atoms with E-state index < -0.39 is 0 Å². The molecule has 4 aliphatic carbocycles. The zero-order valence-corrected chi connectivity index (χ0v) is 21.7. The van der Waals surface area contributed by atoms with Crippen LogP contribution in [-0.4, -0.2) is 52.4 Å². The summed E-state index contributed by atoms with van der Waals surface area (Å²) in [4.78, 5) is 15.8. The second-order valence-electron chi connectivity index (χ2n) is 11.8. The maximum absolute atomic E-state index is 11.7. The number of hydrogen-bond donors (Lipinski definition) is 0. The molecular weight excluding hydrogens is 464 g/mol. The van der Waals surface area contributed by atoms with Crippen molar-refractivity contribution in [2.45, 2.75) is 77.1 Å². The van der Waals surface area contributed by atoms with E-state index in [1.165, 1.54) is 26.2 Å². The summed E-state index contributed by atoms with van der Waals surface area (Å²) >= 11 is 5.54. The smallest absolute Gasteiger partial charge is 0.302 e. The van der Waals surface area contributed by atoms with Crippen molar-refractivity contribution in [3.8, 4) is 0 Å². The van der Waals surface area contributed by atoms with Crippen molar-refractivity contribution < 1.29 is 23.7 Å². The van der Waals surface area contributed by atoms with Gasteiger partial charge in [-0.1, -0.05) is 6.92 Å². The van der Waals surface area contributed by atoms with Gasteiger partial charge in [0.05, 0.1) is 19.8 Å². The Balaban J connectivity index is 1.24. The normalized spacial score (nSPS) is 41.6. The van der Waals surface area contributed by atoms with Crippen molar-refractivity contribution in [2.24, 2.45) is 40.9 Å². The number of hydrogen-bond acceptors (Lipinski definition) is 7. The maximum Gasteiger partial charge on any atom is 0.302 e. The molecule has 1 aliphatic heterocycles. The van der Waals surface area contributed by atoms with Crippen molar-refractivity contribution in [3.05, 3.63) is 18.7 Å².